The van der Waals surface area contributed by atoms with Crippen LogP contribution in [0.1, 0.15) is 129 Å². The van der Waals surface area contributed by atoms with E-state index in [1.54, 1.807) is 6.08 Å². The molecule has 8 nitrogen and oxygen atoms in total. The van der Waals surface area contributed by atoms with E-state index in [1.807, 2.05) is 27.2 Å². The molecular formula is C41H73N2O6P. The lowest BCUT2D eigenvalue weighted by Crippen LogP contribution is -2.45. The Morgan fingerprint density at radius 3 is 1.86 bits per heavy atom. The van der Waals surface area contributed by atoms with E-state index >= 15 is 0 Å². The number of phosphoric ester groups is 1. The molecule has 3 unspecified atom stereocenters. The number of carbonyl (C=O) groups excluding carboxylic acids is 1. The fraction of sp³-hybridized carbons (Fsp3) is 0.683. The van der Waals surface area contributed by atoms with Crippen LogP contribution in [-0.4, -0.2) is 68.5 Å². The van der Waals surface area contributed by atoms with Crippen molar-refractivity contribution in [2.75, 3.05) is 40.9 Å². The molecular weight excluding hydrogens is 647 g/mol. The van der Waals surface area contributed by atoms with Gasteiger partial charge in [-0.05, 0) is 70.6 Å². The molecule has 0 bridgehead atoms. The first-order valence-corrected chi connectivity index (χ1v) is 20.8. The van der Waals surface area contributed by atoms with Gasteiger partial charge in [0, 0.05) is 6.42 Å². The number of hydrogen-bond donors (Lipinski definition) is 2. The molecule has 50 heavy (non-hydrogen) atoms. The van der Waals surface area contributed by atoms with Crippen molar-refractivity contribution in [3.05, 3.63) is 72.9 Å². The number of hydrogen-bond acceptors (Lipinski definition) is 6. The van der Waals surface area contributed by atoms with Crippen molar-refractivity contribution in [1.82, 2.24) is 5.32 Å². The van der Waals surface area contributed by atoms with Gasteiger partial charge in [-0.15, -0.1) is 0 Å². The predicted molar refractivity (Wildman–Crippen MR) is 210 cm³/mol. The van der Waals surface area contributed by atoms with Crippen molar-refractivity contribution < 1.29 is 32.9 Å². The summed E-state index contributed by atoms with van der Waals surface area (Å²) in [5.41, 5.74) is 0. The zero-order valence-electron chi connectivity index (χ0n) is 32.3. The molecule has 0 aromatic carbocycles. The Labute approximate surface area is 306 Å². The van der Waals surface area contributed by atoms with Gasteiger partial charge in [0.25, 0.3) is 7.82 Å². The molecule has 3 atom stereocenters. The van der Waals surface area contributed by atoms with Crippen LogP contribution in [0.5, 0.6) is 0 Å². The third-order valence-corrected chi connectivity index (χ3v) is 8.86. The van der Waals surface area contributed by atoms with Gasteiger partial charge in [0.2, 0.25) is 5.91 Å². The van der Waals surface area contributed by atoms with Crippen LogP contribution < -0.4 is 10.2 Å². The number of nitrogens with zero attached hydrogens (tertiary/aromatic N) is 1. The number of amides is 1. The highest BCUT2D eigenvalue weighted by atomic mass is 31.2. The molecule has 0 aromatic rings. The number of carbonyl (C=O) groups is 1. The van der Waals surface area contributed by atoms with Gasteiger partial charge < -0.3 is 28.8 Å². The molecule has 0 fully saturated rings. The van der Waals surface area contributed by atoms with Crippen LogP contribution in [0.15, 0.2) is 72.9 Å². The molecule has 0 saturated carbocycles. The van der Waals surface area contributed by atoms with Crippen LogP contribution >= 0.6 is 7.82 Å². The van der Waals surface area contributed by atoms with Crippen molar-refractivity contribution in [3.8, 4) is 0 Å². The molecule has 9 heteroatoms. The summed E-state index contributed by atoms with van der Waals surface area (Å²) in [5, 5.41) is 13.6. The van der Waals surface area contributed by atoms with Gasteiger partial charge >= 0.3 is 0 Å². The normalized spacial score (nSPS) is 15.4. The fourth-order valence-corrected chi connectivity index (χ4v) is 5.53. The SMILES string of the molecule is CC/C=C\C/C=C\C/C=C\C/C=C\CCCCCCCCC(=O)NC(COP(=O)([O-])OCC[N+](C)(C)C)C(O)/C=C/CC/C=C/CCCCC. The molecule has 0 aliphatic heterocycles. The number of likely N-dealkylation sites (N-methyl/N-ethyl adjacent to an activating group) is 1. The number of phosphoric acid groups is 1. The smallest absolute Gasteiger partial charge is 0.268 e. The van der Waals surface area contributed by atoms with E-state index in [-0.39, 0.29) is 12.5 Å². The van der Waals surface area contributed by atoms with Gasteiger partial charge in [-0.2, -0.15) is 0 Å². The standard InChI is InChI=1S/C41H73N2O6P/c1-6-8-10-12-14-16-17-18-19-20-21-22-23-24-25-27-29-31-33-35-41(45)42-39(38-49-50(46,47)48-37-36-43(3,4)5)40(44)34-32-30-28-26-15-13-11-9-7-2/h8,10,14-16,18-19,21-22,26,32,34,39-40,44H,6-7,9,11-13,17,20,23-25,27-31,33,35-38H2,1-5H3,(H-,42,45,46,47)/b10-8-,16-14-,19-18-,22-21-,26-15+,34-32+. The Morgan fingerprint density at radius 1 is 0.720 bits per heavy atom. The molecule has 0 heterocycles. The van der Waals surface area contributed by atoms with E-state index in [2.05, 4.69) is 79.9 Å². The second-order valence-electron chi connectivity index (χ2n) is 13.9. The molecule has 0 spiro atoms. The summed E-state index contributed by atoms with van der Waals surface area (Å²) in [6.07, 6.45) is 42.4. The summed E-state index contributed by atoms with van der Waals surface area (Å²) in [6.45, 7) is 4.40. The van der Waals surface area contributed by atoms with Gasteiger partial charge in [-0.1, -0.05) is 125 Å². The maximum absolute atomic E-state index is 12.8. The number of aliphatic hydroxyl groups is 1. The molecule has 0 aliphatic rings. The van der Waals surface area contributed by atoms with Crippen LogP contribution in [0.4, 0.5) is 0 Å². The summed E-state index contributed by atoms with van der Waals surface area (Å²) in [4.78, 5) is 25.1. The van der Waals surface area contributed by atoms with Crippen LogP contribution in [0.25, 0.3) is 0 Å². The largest absolute Gasteiger partial charge is 0.756 e. The molecule has 288 valence electrons. The molecule has 1 amide bonds. The molecule has 0 aliphatic carbocycles. The highest BCUT2D eigenvalue weighted by Gasteiger charge is 2.23. The van der Waals surface area contributed by atoms with E-state index < -0.39 is 26.6 Å². The van der Waals surface area contributed by atoms with Crippen LogP contribution in [0.3, 0.4) is 0 Å². The second kappa shape index (κ2) is 32.8. The summed E-state index contributed by atoms with van der Waals surface area (Å²) in [7, 11) is 1.21. The maximum atomic E-state index is 12.8. The Bertz CT molecular complexity index is 1040. The zero-order valence-corrected chi connectivity index (χ0v) is 33.2. The first kappa shape index (κ1) is 47.9. The maximum Gasteiger partial charge on any atom is 0.268 e. The van der Waals surface area contributed by atoms with Gasteiger partial charge in [0.15, 0.2) is 0 Å². The molecule has 2 N–H and O–H groups in total. The van der Waals surface area contributed by atoms with Gasteiger partial charge in [0.1, 0.15) is 13.2 Å². The van der Waals surface area contributed by atoms with E-state index in [4.69, 9.17) is 9.05 Å². The summed E-state index contributed by atoms with van der Waals surface area (Å²) < 4.78 is 23.0. The molecule has 0 saturated heterocycles. The summed E-state index contributed by atoms with van der Waals surface area (Å²) in [5.74, 6) is -0.230. The Kier molecular flexibility index (Phi) is 31.5. The van der Waals surface area contributed by atoms with Crippen LogP contribution in [0.2, 0.25) is 0 Å². The monoisotopic (exact) mass is 721 g/mol. The van der Waals surface area contributed by atoms with Crippen LogP contribution in [-0.2, 0) is 18.4 Å². The van der Waals surface area contributed by atoms with E-state index in [1.165, 1.54) is 32.1 Å². The highest BCUT2D eigenvalue weighted by molar-refractivity contribution is 7.45. The minimum Gasteiger partial charge on any atom is -0.756 e. The number of unbranched alkanes of at least 4 members (excludes halogenated alkanes) is 10. The Balaban J connectivity index is 4.48. The van der Waals surface area contributed by atoms with Crippen molar-refractivity contribution in [2.45, 2.75) is 142 Å². The lowest BCUT2D eigenvalue weighted by Gasteiger charge is -2.29. The van der Waals surface area contributed by atoms with Gasteiger partial charge in [-0.3, -0.25) is 9.36 Å². The lowest BCUT2D eigenvalue weighted by atomic mass is 10.1. The predicted octanol–water partition coefficient (Wildman–Crippen LogP) is 9.44. The third kappa shape index (κ3) is 34.4. The number of nitrogens with one attached hydrogen (secondary N) is 1. The minimum absolute atomic E-state index is 0.0137. The Morgan fingerprint density at radius 2 is 1.24 bits per heavy atom. The van der Waals surface area contributed by atoms with E-state index in [0.29, 0.717) is 17.4 Å². The van der Waals surface area contributed by atoms with Crippen molar-refractivity contribution in [3.63, 3.8) is 0 Å². The fourth-order valence-electron chi connectivity index (χ4n) is 4.80. The summed E-state index contributed by atoms with van der Waals surface area (Å²) >= 11 is 0. The quantitative estimate of drug-likeness (QED) is 0.0303. The first-order valence-electron chi connectivity index (χ1n) is 19.3. The minimum atomic E-state index is -4.59. The Hall–Kier alpha value is -2.06. The molecule has 0 aromatic heterocycles. The van der Waals surface area contributed by atoms with Crippen molar-refractivity contribution in [2.24, 2.45) is 0 Å². The lowest BCUT2D eigenvalue weighted by molar-refractivity contribution is -0.870. The highest BCUT2D eigenvalue weighted by Crippen LogP contribution is 2.38. The number of aliphatic hydroxyl groups excluding tert-OH is 1. The average Bonchev–Trinajstić information content (AvgIpc) is 3.06. The van der Waals surface area contributed by atoms with Gasteiger partial charge in [-0.25, -0.2) is 0 Å². The van der Waals surface area contributed by atoms with Gasteiger partial charge in [0.05, 0.1) is 39.9 Å². The van der Waals surface area contributed by atoms with E-state index in [0.717, 1.165) is 77.0 Å². The molecule has 0 rings (SSSR count). The van der Waals surface area contributed by atoms with E-state index in [9.17, 15) is 19.4 Å². The van der Waals surface area contributed by atoms with Crippen LogP contribution in [0, 0.1) is 0 Å². The number of quaternary nitrogens is 1. The topological polar surface area (TPSA) is 108 Å². The first-order chi connectivity index (χ1) is 24.0. The second-order valence-corrected chi connectivity index (χ2v) is 15.3. The number of rotatable bonds is 33. The molecule has 0 radical (unpaired) electrons. The average molecular weight is 721 g/mol. The van der Waals surface area contributed by atoms with Crippen molar-refractivity contribution in [1.29, 1.82) is 0 Å². The number of allylic oxidation sites excluding steroid dienone is 11. The summed E-state index contributed by atoms with van der Waals surface area (Å²) in [6, 6.07) is -0.911. The third-order valence-electron chi connectivity index (χ3n) is 7.90. The van der Waals surface area contributed by atoms with Crippen molar-refractivity contribution >= 4 is 13.7 Å². The zero-order chi connectivity index (χ0) is 37.2.